The maximum Gasteiger partial charge on any atom is 0.0111 e. The molecule has 3 fully saturated rings. The van der Waals surface area contributed by atoms with E-state index in [0.717, 1.165) is 23.9 Å². The van der Waals surface area contributed by atoms with Gasteiger partial charge in [-0.1, -0.05) is 25.7 Å². The van der Waals surface area contributed by atoms with Gasteiger partial charge in [-0.3, -0.25) is 0 Å². The highest BCUT2D eigenvalue weighted by atomic mass is 15.0. The molecule has 2 aliphatic carbocycles. The molecule has 0 radical (unpaired) electrons. The van der Waals surface area contributed by atoms with Gasteiger partial charge in [0.15, 0.2) is 0 Å². The van der Waals surface area contributed by atoms with Crippen molar-refractivity contribution in [1.82, 2.24) is 10.6 Å². The first-order chi connectivity index (χ1) is 8.43. The van der Waals surface area contributed by atoms with E-state index in [1.165, 1.54) is 70.9 Å². The summed E-state index contributed by atoms with van der Waals surface area (Å²) in [6.07, 6.45) is 13.0. The Morgan fingerprint density at radius 2 is 1.82 bits per heavy atom. The van der Waals surface area contributed by atoms with Crippen molar-refractivity contribution in [2.45, 2.75) is 69.9 Å². The molecule has 0 aromatic rings. The summed E-state index contributed by atoms with van der Waals surface area (Å²) in [4.78, 5) is 0. The van der Waals surface area contributed by atoms with E-state index in [9.17, 15) is 0 Å². The summed E-state index contributed by atoms with van der Waals surface area (Å²) in [5, 5.41) is 7.61. The zero-order valence-corrected chi connectivity index (χ0v) is 11.1. The molecule has 0 amide bonds. The highest BCUT2D eigenvalue weighted by Gasteiger charge is 2.33. The summed E-state index contributed by atoms with van der Waals surface area (Å²) >= 11 is 0. The molecule has 0 spiro atoms. The van der Waals surface area contributed by atoms with Gasteiger partial charge in [-0.15, -0.1) is 0 Å². The van der Waals surface area contributed by atoms with E-state index < -0.39 is 0 Å². The molecule has 1 aliphatic heterocycles. The molecule has 2 saturated carbocycles. The lowest BCUT2D eigenvalue weighted by atomic mass is 9.79. The van der Waals surface area contributed by atoms with Gasteiger partial charge in [0.2, 0.25) is 0 Å². The summed E-state index contributed by atoms with van der Waals surface area (Å²) < 4.78 is 0. The summed E-state index contributed by atoms with van der Waals surface area (Å²) in [6.45, 7) is 2.54. The quantitative estimate of drug-likeness (QED) is 0.767. The number of hydrogen-bond acceptors (Lipinski definition) is 2. The highest BCUT2D eigenvalue weighted by molar-refractivity contribution is 4.91. The minimum atomic E-state index is 0.818. The van der Waals surface area contributed by atoms with E-state index in [1.807, 2.05) is 0 Å². The minimum absolute atomic E-state index is 0.818. The molecular weight excluding hydrogens is 208 g/mol. The molecule has 17 heavy (non-hydrogen) atoms. The summed E-state index contributed by atoms with van der Waals surface area (Å²) in [7, 11) is 0. The van der Waals surface area contributed by atoms with Gasteiger partial charge in [0, 0.05) is 12.1 Å². The van der Waals surface area contributed by atoms with Crippen molar-refractivity contribution in [3.05, 3.63) is 0 Å². The lowest BCUT2D eigenvalue weighted by Gasteiger charge is -2.36. The van der Waals surface area contributed by atoms with Crippen LogP contribution in [0.3, 0.4) is 0 Å². The summed E-state index contributed by atoms with van der Waals surface area (Å²) in [5.41, 5.74) is 0. The predicted octanol–water partition coefficient (Wildman–Crippen LogP) is 2.69. The van der Waals surface area contributed by atoms with Crippen molar-refractivity contribution in [2.75, 3.05) is 13.1 Å². The molecule has 1 heterocycles. The monoisotopic (exact) mass is 236 g/mol. The third-order valence-corrected chi connectivity index (χ3v) is 5.09. The normalized spacial score (nSPS) is 38.5. The van der Waals surface area contributed by atoms with Gasteiger partial charge in [-0.2, -0.15) is 0 Å². The van der Waals surface area contributed by atoms with Crippen molar-refractivity contribution in [3.8, 4) is 0 Å². The second-order valence-electron chi connectivity index (χ2n) is 6.44. The molecular formula is C15H28N2. The summed E-state index contributed by atoms with van der Waals surface area (Å²) in [5.74, 6) is 2.00. The third-order valence-electron chi connectivity index (χ3n) is 5.09. The SMILES string of the molecule is C1CNC(C2CCCCC2NCCC2CC2)C1. The van der Waals surface area contributed by atoms with Crippen molar-refractivity contribution < 1.29 is 0 Å². The molecule has 0 aromatic heterocycles. The van der Waals surface area contributed by atoms with Crippen LogP contribution in [-0.4, -0.2) is 25.2 Å². The van der Waals surface area contributed by atoms with Gasteiger partial charge in [0.1, 0.15) is 0 Å². The van der Waals surface area contributed by atoms with Gasteiger partial charge in [0.25, 0.3) is 0 Å². The average molecular weight is 236 g/mol. The lowest BCUT2D eigenvalue weighted by Crippen LogP contribution is -2.47. The number of nitrogens with one attached hydrogen (secondary N) is 2. The molecule has 2 heteroatoms. The van der Waals surface area contributed by atoms with Crippen molar-refractivity contribution in [2.24, 2.45) is 11.8 Å². The van der Waals surface area contributed by atoms with Crippen LogP contribution in [0.25, 0.3) is 0 Å². The first-order valence-corrected chi connectivity index (χ1v) is 7.90. The van der Waals surface area contributed by atoms with Gasteiger partial charge in [0.05, 0.1) is 0 Å². The van der Waals surface area contributed by atoms with Crippen LogP contribution in [0.1, 0.15) is 57.8 Å². The van der Waals surface area contributed by atoms with Gasteiger partial charge < -0.3 is 10.6 Å². The van der Waals surface area contributed by atoms with E-state index in [0.29, 0.717) is 0 Å². The Bertz CT molecular complexity index is 231. The maximum absolute atomic E-state index is 3.88. The Morgan fingerprint density at radius 1 is 0.941 bits per heavy atom. The zero-order valence-electron chi connectivity index (χ0n) is 11.1. The van der Waals surface area contributed by atoms with Crippen molar-refractivity contribution in [3.63, 3.8) is 0 Å². The highest BCUT2D eigenvalue weighted by Crippen LogP contribution is 2.33. The molecule has 3 atom stereocenters. The topological polar surface area (TPSA) is 24.1 Å². The number of hydrogen-bond donors (Lipinski definition) is 2. The molecule has 3 unspecified atom stereocenters. The van der Waals surface area contributed by atoms with Crippen LogP contribution in [0.2, 0.25) is 0 Å². The van der Waals surface area contributed by atoms with Crippen LogP contribution >= 0.6 is 0 Å². The van der Waals surface area contributed by atoms with E-state index in [1.54, 1.807) is 0 Å². The van der Waals surface area contributed by atoms with Crippen molar-refractivity contribution in [1.29, 1.82) is 0 Å². The Balaban J connectivity index is 1.47. The Hall–Kier alpha value is -0.0800. The Labute approximate surface area is 106 Å². The Kier molecular flexibility index (Phi) is 4.02. The second kappa shape index (κ2) is 5.71. The van der Waals surface area contributed by atoms with Crippen LogP contribution in [0.15, 0.2) is 0 Å². The molecule has 2 nitrogen and oxygen atoms in total. The molecule has 98 valence electrons. The largest absolute Gasteiger partial charge is 0.314 e. The van der Waals surface area contributed by atoms with Gasteiger partial charge in [-0.25, -0.2) is 0 Å². The molecule has 3 aliphatic rings. The van der Waals surface area contributed by atoms with E-state index in [2.05, 4.69) is 10.6 Å². The smallest absolute Gasteiger partial charge is 0.0111 e. The molecule has 0 bridgehead atoms. The fraction of sp³-hybridized carbons (Fsp3) is 1.00. The van der Waals surface area contributed by atoms with E-state index in [4.69, 9.17) is 0 Å². The first kappa shape index (κ1) is 12.0. The molecule has 2 N–H and O–H groups in total. The maximum atomic E-state index is 3.88. The fourth-order valence-electron chi connectivity index (χ4n) is 3.85. The molecule has 3 rings (SSSR count). The zero-order chi connectivity index (χ0) is 11.5. The standard InChI is InChI=1S/C15H28N2/c1-2-5-14(17-11-9-12-7-8-12)13(4-1)15-6-3-10-16-15/h12-17H,1-11H2. The van der Waals surface area contributed by atoms with E-state index >= 15 is 0 Å². The minimum Gasteiger partial charge on any atom is -0.314 e. The van der Waals surface area contributed by atoms with Crippen LogP contribution in [0, 0.1) is 11.8 Å². The molecule has 1 saturated heterocycles. The van der Waals surface area contributed by atoms with Crippen LogP contribution in [0.4, 0.5) is 0 Å². The van der Waals surface area contributed by atoms with Gasteiger partial charge >= 0.3 is 0 Å². The predicted molar refractivity (Wildman–Crippen MR) is 72.1 cm³/mol. The lowest BCUT2D eigenvalue weighted by molar-refractivity contribution is 0.214. The molecule has 0 aromatic carbocycles. The van der Waals surface area contributed by atoms with Gasteiger partial charge in [-0.05, 0) is 57.0 Å². The second-order valence-corrected chi connectivity index (χ2v) is 6.44. The Morgan fingerprint density at radius 3 is 2.59 bits per heavy atom. The van der Waals surface area contributed by atoms with Crippen LogP contribution in [-0.2, 0) is 0 Å². The average Bonchev–Trinajstić information content (AvgIpc) is 3.03. The fourth-order valence-corrected chi connectivity index (χ4v) is 3.85. The van der Waals surface area contributed by atoms with Crippen LogP contribution < -0.4 is 10.6 Å². The van der Waals surface area contributed by atoms with Crippen molar-refractivity contribution >= 4 is 0 Å². The first-order valence-electron chi connectivity index (χ1n) is 7.90. The third kappa shape index (κ3) is 3.23. The van der Waals surface area contributed by atoms with Crippen LogP contribution in [0.5, 0.6) is 0 Å². The van der Waals surface area contributed by atoms with E-state index in [-0.39, 0.29) is 0 Å². The summed E-state index contributed by atoms with van der Waals surface area (Å²) in [6, 6.07) is 1.65. The number of rotatable bonds is 5.